The van der Waals surface area contributed by atoms with E-state index in [0.29, 0.717) is 5.69 Å². The van der Waals surface area contributed by atoms with Gasteiger partial charge in [0.15, 0.2) is 11.6 Å². The zero-order valence-electron chi connectivity index (χ0n) is 11.2. The summed E-state index contributed by atoms with van der Waals surface area (Å²) in [5.41, 5.74) is 3.78. The van der Waals surface area contributed by atoms with Crippen molar-refractivity contribution in [2.24, 2.45) is 5.73 Å². The molecule has 0 saturated heterocycles. The summed E-state index contributed by atoms with van der Waals surface area (Å²) >= 11 is 0. The number of anilines is 1. The molecule has 3 nitrogen and oxygen atoms in total. The summed E-state index contributed by atoms with van der Waals surface area (Å²) < 4.78 is 40.2. The number of benzene rings is 2. The number of carbonyl (C=O) groups excluding carboxylic acids is 1. The highest BCUT2D eigenvalue weighted by atomic mass is 19.2. The Bertz CT molecular complexity index is 673. The van der Waals surface area contributed by atoms with Gasteiger partial charge < -0.3 is 11.1 Å². The molecule has 110 valence electrons. The lowest BCUT2D eigenvalue weighted by atomic mass is 9.90. The molecule has 21 heavy (non-hydrogen) atoms. The number of amides is 1. The summed E-state index contributed by atoms with van der Waals surface area (Å²) in [5, 5.41) is 2.72. The van der Waals surface area contributed by atoms with Crippen molar-refractivity contribution in [2.75, 3.05) is 5.32 Å². The molecule has 0 bridgehead atoms. The smallest absolute Gasteiger partial charge is 0.247 e. The van der Waals surface area contributed by atoms with Crippen LogP contribution in [0.25, 0.3) is 0 Å². The maximum Gasteiger partial charge on any atom is 0.247 e. The Morgan fingerprint density at radius 2 is 1.71 bits per heavy atom. The number of hydrogen-bond donors (Lipinski definition) is 2. The molecule has 1 atom stereocenters. The fourth-order valence-electron chi connectivity index (χ4n) is 1.97. The molecule has 2 aromatic carbocycles. The second kappa shape index (κ2) is 5.47. The summed E-state index contributed by atoms with van der Waals surface area (Å²) in [4.78, 5) is 11.8. The summed E-state index contributed by atoms with van der Waals surface area (Å²) in [6.07, 6.45) is 0. The SMILES string of the molecule is CC(Nc1ccc(F)cc1)(C(N)=O)c1cccc(F)c1F. The van der Waals surface area contributed by atoms with E-state index in [1.54, 1.807) is 0 Å². The van der Waals surface area contributed by atoms with Crippen molar-refractivity contribution in [1.29, 1.82) is 0 Å². The Kier molecular flexibility index (Phi) is 3.88. The van der Waals surface area contributed by atoms with Crippen LogP contribution in [0.1, 0.15) is 12.5 Å². The zero-order valence-corrected chi connectivity index (χ0v) is 11.2. The molecule has 2 aromatic rings. The van der Waals surface area contributed by atoms with Gasteiger partial charge in [-0.3, -0.25) is 4.79 Å². The normalized spacial score (nSPS) is 13.5. The number of primary amides is 1. The number of nitrogens with two attached hydrogens (primary N) is 1. The van der Waals surface area contributed by atoms with Gasteiger partial charge in [-0.1, -0.05) is 12.1 Å². The van der Waals surface area contributed by atoms with Crippen molar-refractivity contribution in [2.45, 2.75) is 12.5 Å². The Balaban J connectivity index is 2.48. The summed E-state index contributed by atoms with van der Waals surface area (Å²) in [6, 6.07) is 8.57. The van der Waals surface area contributed by atoms with Crippen LogP contribution in [0.15, 0.2) is 42.5 Å². The van der Waals surface area contributed by atoms with Gasteiger partial charge >= 0.3 is 0 Å². The third-order valence-corrected chi connectivity index (χ3v) is 3.22. The van der Waals surface area contributed by atoms with Crippen LogP contribution in [-0.2, 0) is 10.3 Å². The Labute approximate surface area is 119 Å². The molecule has 0 aliphatic heterocycles. The molecule has 0 heterocycles. The minimum atomic E-state index is -1.68. The van der Waals surface area contributed by atoms with Crippen molar-refractivity contribution in [3.8, 4) is 0 Å². The van der Waals surface area contributed by atoms with Crippen LogP contribution >= 0.6 is 0 Å². The highest BCUT2D eigenvalue weighted by Gasteiger charge is 2.36. The number of rotatable bonds is 4. The van der Waals surface area contributed by atoms with Crippen LogP contribution in [0.4, 0.5) is 18.9 Å². The van der Waals surface area contributed by atoms with Crippen molar-refractivity contribution in [3.63, 3.8) is 0 Å². The van der Waals surface area contributed by atoms with Crippen molar-refractivity contribution >= 4 is 11.6 Å². The highest BCUT2D eigenvalue weighted by molar-refractivity contribution is 5.89. The maximum atomic E-state index is 13.9. The molecule has 0 fully saturated rings. The Morgan fingerprint density at radius 3 is 2.29 bits per heavy atom. The Hall–Kier alpha value is -2.50. The monoisotopic (exact) mass is 294 g/mol. The number of hydrogen-bond acceptors (Lipinski definition) is 2. The lowest BCUT2D eigenvalue weighted by Gasteiger charge is -2.29. The van der Waals surface area contributed by atoms with E-state index in [9.17, 15) is 18.0 Å². The molecule has 0 spiro atoms. The van der Waals surface area contributed by atoms with E-state index >= 15 is 0 Å². The average molecular weight is 294 g/mol. The molecule has 3 N–H and O–H groups in total. The maximum absolute atomic E-state index is 13.9. The molecule has 1 amide bonds. The van der Waals surface area contributed by atoms with Crippen molar-refractivity contribution < 1.29 is 18.0 Å². The molecular weight excluding hydrogens is 281 g/mol. The first kappa shape index (κ1) is 14.9. The average Bonchev–Trinajstić information content (AvgIpc) is 2.44. The molecular formula is C15H13F3N2O. The largest absolute Gasteiger partial charge is 0.368 e. The topological polar surface area (TPSA) is 55.1 Å². The third-order valence-electron chi connectivity index (χ3n) is 3.22. The predicted molar refractivity (Wildman–Crippen MR) is 72.9 cm³/mol. The second-order valence-electron chi connectivity index (χ2n) is 4.72. The van der Waals surface area contributed by atoms with E-state index in [-0.39, 0.29) is 5.56 Å². The van der Waals surface area contributed by atoms with Crippen LogP contribution < -0.4 is 11.1 Å². The lowest BCUT2D eigenvalue weighted by Crippen LogP contribution is -2.46. The Morgan fingerprint density at radius 1 is 1.10 bits per heavy atom. The van der Waals surface area contributed by atoms with Crippen LogP contribution in [-0.4, -0.2) is 5.91 Å². The van der Waals surface area contributed by atoms with E-state index < -0.39 is 28.9 Å². The van der Waals surface area contributed by atoms with Crippen LogP contribution in [0.2, 0.25) is 0 Å². The van der Waals surface area contributed by atoms with Crippen molar-refractivity contribution in [3.05, 3.63) is 65.5 Å². The summed E-state index contributed by atoms with van der Waals surface area (Å²) in [7, 11) is 0. The van der Waals surface area contributed by atoms with E-state index in [0.717, 1.165) is 6.07 Å². The van der Waals surface area contributed by atoms with E-state index in [1.807, 2.05) is 0 Å². The first-order valence-electron chi connectivity index (χ1n) is 6.13. The van der Waals surface area contributed by atoms with Crippen LogP contribution in [0.3, 0.4) is 0 Å². The van der Waals surface area contributed by atoms with Gasteiger partial charge in [-0.25, -0.2) is 13.2 Å². The molecule has 0 aliphatic carbocycles. The number of carbonyl (C=O) groups is 1. The molecule has 0 saturated carbocycles. The van der Waals surface area contributed by atoms with Gasteiger partial charge in [-0.05, 0) is 37.3 Å². The summed E-state index contributed by atoms with van der Waals surface area (Å²) in [5.74, 6) is -3.59. The standard InChI is InChI=1S/C15H13F3N2O/c1-15(14(19)21,11-3-2-4-12(17)13(11)18)20-10-7-5-9(16)6-8-10/h2-8,20H,1H3,(H2,19,21). The van der Waals surface area contributed by atoms with Gasteiger partial charge in [-0.15, -0.1) is 0 Å². The van der Waals surface area contributed by atoms with E-state index in [4.69, 9.17) is 5.73 Å². The molecule has 0 aliphatic rings. The van der Waals surface area contributed by atoms with Gasteiger partial charge in [0.2, 0.25) is 5.91 Å². The third kappa shape index (κ3) is 2.84. The van der Waals surface area contributed by atoms with Crippen molar-refractivity contribution in [1.82, 2.24) is 0 Å². The number of nitrogens with one attached hydrogen (secondary N) is 1. The summed E-state index contributed by atoms with van der Waals surface area (Å²) in [6.45, 7) is 1.33. The van der Waals surface area contributed by atoms with Gasteiger partial charge in [0.25, 0.3) is 0 Å². The van der Waals surface area contributed by atoms with E-state index in [1.165, 1.54) is 43.3 Å². The fourth-order valence-corrected chi connectivity index (χ4v) is 1.97. The molecule has 0 aromatic heterocycles. The van der Waals surface area contributed by atoms with Gasteiger partial charge in [0.05, 0.1) is 0 Å². The van der Waals surface area contributed by atoms with Gasteiger partial charge in [0.1, 0.15) is 11.4 Å². The van der Waals surface area contributed by atoms with Gasteiger partial charge in [-0.2, -0.15) is 0 Å². The number of halogens is 3. The second-order valence-corrected chi connectivity index (χ2v) is 4.72. The predicted octanol–water partition coefficient (Wildman–Crippen LogP) is 2.92. The molecule has 1 unspecified atom stereocenters. The first-order chi connectivity index (χ1) is 9.84. The lowest BCUT2D eigenvalue weighted by molar-refractivity contribution is -0.122. The van der Waals surface area contributed by atoms with Crippen LogP contribution in [0, 0.1) is 17.5 Å². The van der Waals surface area contributed by atoms with Gasteiger partial charge in [0, 0.05) is 11.3 Å². The van der Waals surface area contributed by atoms with E-state index in [2.05, 4.69) is 5.32 Å². The highest BCUT2D eigenvalue weighted by Crippen LogP contribution is 2.29. The quantitative estimate of drug-likeness (QED) is 0.911. The van der Waals surface area contributed by atoms with Crippen LogP contribution in [0.5, 0.6) is 0 Å². The molecule has 2 rings (SSSR count). The fraction of sp³-hybridized carbons (Fsp3) is 0.133. The minimum absolute atomic E-state index is 0.223. The molecule has 6 heteroatoms. The first-order valence-corrected chi connectivity index (χ1v) is 6.13. The zero-order chi connectivity index (χ0) is 15.6. The minimum Gasteiger partial charge on any atom is -0.368 e. The molecule has 0 radical (unpaired) electrons.